The third-order valence-electron chi connectivity index (χ3n) is 1.04. The molecule has 0 aliphatic carbocycles. The normalized spacial score (nSPS) is 9.90. The molecule has 0 saturated heterocycles. The van der Waals surface area contributed by atoms with Gasteiger partial charge in [0.2, 0.25) is 0 Å². The summed E-state index contributed by atoms with van der Waals surface area (Å²) >= 11 is 5.29. The third-order valence-corrected chi connectivity index (χ3v) is 1.26. The van der Waals surface area contributed by atoms with Crippen molar-refractivity contribution in [3.63, 3.8) is 0 Å². The molecule has 0 heterocycles. The van der Waals surface area contributed by atoms with Crippen molar-refractivity contribution in [2.75, 3.05) is 5.73 Å². The number of benzene rings is 1. The zero-order valence-electron chi connectivity index (χ0n) is 4.87. The van der Waals surface area contributed by atoms with E-state index in [2.05, 4.69) is 0 Å². The SMILES string of the molecule is Nc1c(F)cc(Cl)cc1F. The lowest BCUT2D eigenvalue weighted by atomic mass is 10.3. The van der Waals surface area contributed by atoms with Gasteiger partial charge in [-0.3, -0.25) is 0 Å². The van der Waals surface area contributed by atoms with Crippen LogP contribution in [-0.4, -0.2) is 0 Å². The van der Waals surface area contributed by atoms with E-state index in [1.165, 1.54) is 0 Å². The first kappa shape index (κ1) is 7.28. The number of nitrogen functional groups attached to an aromatic ring is 1. The Morgan fingerprint density at radius 2 is 1.60 bits per heavy atom. The summed E-state index contributed by atoms with van der Waals surface area (Å²) in [6.45, 7) is 0. The molecule has 1 aromatic rings. The van der Waals surface area contributed by atoms with E-state index in [0.717, 1.165) is 12.1 Å². The largest absolute Gasteiger partial charge is 0.394 e. The Labute approximate surface area is 61.4 Å². The summed E-state index contributed by atoms with van der Waals surface area (Å²) in [5.41, 5.74) is 4.45. The van der Waals surface area contributed by atoms with Crippen molar-refractivity contribution in [1.82, 2.24) is 0 Å². The second kappa shape index (κ2) is 2.42. The Balaban J connectivity index is 3.31. The van der Waals surface area contributed by atoms with Gasteiger partial charge in [0.05, 0.1) is 0 Å². The van der Waals surface area contributed by atoms with Crippen molar-refractivity contribution in [3.05, 3.63) is 28.8 Å². The first-order valence-corrected chi connectivity index (χ1v) is 2.89. The molecule has 0 aromatic heterocycles. The molecular formula is C6H4ClF2N. The Morgan fingerprint density at radius 3 is 2.00 bits per heavy atom. The van der Waals surface area contributed by atoms with Gasteiger partial charge < -0.3 is 5.73 Å². The molecule has 1 aromatic carbocycles. The van der Waals surface area contributed by atoms with E-state index in [-0.39, 0.29) is 5.02 Å². The van der Waals surface area contributed by atoms with Gasteiger partial charge in [-0.2, -0.15) is 0 Å². The van der Waals surface area contributed by atoms with E-state index in [0.29, 0.717) is 0 Å². The van der Waals surface area contributed by atoms with Crippen molar-refractivity contribution in [2.45, 2.75) is 0 Å². The quantitative estimate of drug-likeness (QED) is 0.583. The summed E-state index contributed by atoms with van der Waals surface area (Å²) in [4.78, 5) is 0. The Morgan fingerprint density at radius 1 is 1.20 bits per heavy atom. The van der Waals surface area contributed by atoms with Gasteiger partial charge >= 0.3 is 0 Å². The predicted molar refractivity (Wildman–Crippen MR) is 35.8 cm³/mol. The highest BCUT2D eigenvalue weighted by Gasteiger charge is 2.05. The highest BCUT2D eigenvalue weighted by Crippen LogP contribution is 2.19. The summed E-state index contributed by atoms with van der Waals surface area (Å²) in [6.07, 6.45) is 0. The van der Waals surface area contributed by atoms with Crippen LogP contribution in [0, 0.1) is 11.6 Å². The fourth-order valence-electron chi connectivity index (χ4n) is 0.553. The maximum absolute atomic E-state index is 12.4. The van der Waals surface area contributed by atoms with Crippen LogP contribution in [0.25, 0.3) is 0 Å². The zero-order chi connectivity index (χ0) is 7.72. The van der Waals surface area contributed by atoms with E-state index < -0.39 is 17.3 Å². The minimum atomic E-state index is -0.829. The molecule has 0 spiro atoms. The maximum Gasteiger partial charge on any atom is 0.150 e. The topological polar surface area (TPSA) is 26.0 Å². The molecular weight excluding hydrogens is 160 g/mol. The summed E-state index contributed by atoms with van der Waals surface area (Å²) < 4.78 is 24.8. The molecule has 0 fully saturated rings. The van der Waals surface area contributed by atoms with Gasteiger partial charge in [0.25, 0.3) is 0 Å². The van der Waals surface area contributed by atoms with E-state index in [9.17, 15) is 8.78 Å². The zero-order valence-corrected chi connectivity index (χ0v) is 5.62. The fraction of sp³-hybridized carbons (Fsp3) is 0. The lowest BCUT2D eigenvalue weighted by Crippen LogP contribution is -1.94. The summed E-state index contributed by atoms with van der Waals surface area (Å²) in [6, 6.07) is 1.92. The number of nitrogens with two attached hydrogens (primary N) is 1. The van der Waals surface area contributed by atoms with Crippen LogP contribution < -0.4 is 5.73 Å². The van der Waals surface area contributed by atoms with E-state index in [1.807, 2.05) is 0 Å². The number of hydrogen-bond acceptors (Lipinski definition) is 1. The number of anilines is 1. The molecule has 0 saturated carbocycles. The van der Waals surface area contributed by atoms with Crippen LogP contribution in [-0.2, 0) is 0 Å². The molecule has 1 nitrogen and oxygen atoms in total. The van der Waals surface area contributed by atoms with Crippen molar-refractivity contribution >= 4 is 17.3 Å². The molecule has 2 N–H and O–H groups in total. The second-order valence-electron chi connectivity index (χ2n) is 1.78. The van der Waals surface area contributed by atoms with Crippen LogP contribution >= 0.6 is 11.6 Å². The van der Waals surface area contributed by atoms with Crippen molar-refractivity contribution in [1.29, 1.82) is 0 Å². The molecule has 0 aliphatic heterocycles. The Bertz CT molecular complexity index is 239. The van der Waals surface area contributed by atoms with Gasteiger partial charge in [-0.1, -0.05) is 11.6 Å². The van der Waals surface area contributed by atoms with Crippen LogP contribution in [0.15, 0.2) is 12.1 Å². The lowest BCUT2D eigenvalue weighted by molar-refractivity contribution is 0.592. The minimum absolute atomic E-state index is 0.00389. The van der Waals surface area contributed by atoms with Gasteiger partial charge in [0, 0.05) is 5.02 Å². The highest BCUT2D eigenvalue weighted by atomic mass is 35.5. The van der Waals surface area contributed by atoms with Gasteiger partial charge in [-0.05, 0) is 12.1 Å². The second-order valence-corrected chi connectivity index (χ2v) is 2.22. The molecule has 10 heavy (non-hydrogen) atoms. The average Bonchev–Trinajstić information content (AvgIpc) is 1.82. The monoisotopic (exact) mass is 163 g/mol. The van der Waals surface area contributed by atoms with Crippen LogP contribution in [0.5, 0.6) is 0 Å². The van der Waals surface area contributed by atoms with E-state index >= 15 is 0 Å². The highest BCUT2D eigenvalue weighted by molar-refractivity contribution is 6.30. The molecule has 0 aliphatic rings. The first-order chi connectivity index (χ1) is 4.61. The smallest absolute Gasteiger partial charge is 0.150 e. The molecule has 4 heteroatoms. The van der Waals surface area contributed by atoms with Crippen molar-refractivity contribution in [3.8, 4) is 0 Å². The first-order valence-electron chi connectivity index (χ1n) is 2.51. The summed E-state index contributed by atoms with van der Waals surface area (Å²) in [7, 11) is 0. The van der Waals surface area contributed by atoms with E-state index in [1.54, 1.807) is 0 Å². The van der Waals surface area contributed by atoms with Gasteiger partial charge in [0.1, 0.15) is 5.69 Å². The van der Waals surface area contributed by atoms with Crippen LogP contribution in [0.4, 0.5) is 14.5 Å². The third kappa shape index (κ3) is 1.19. The van der Waals surface area contributed by atoms with Crippen LogP contribution in [0.1, 0.15) is 0 Å². The van der Waals surface area contributed by atoms with Crippen molar-refractivity contribution in [2.24, 2.45) is 0 Å². The van der Waals surface area contributed by atoms with Gasteiger partial charge in [-0.25, -0.2) is 8.78 Å². The molecule has 54 valence electrons. The molecule has 0 unspecified atom stereocenters. The van der Waals surface area contributed by atoms with Crippen LogP contribution in [0.2, 0.25) is 5.02 Å². The summed E-state index contributed by atoms with van der Waals surface area (Å²) in [5, 5.41) is 0.00389. The van der Waals surface area contributed by atoms with E-state index in [4.69, 9.17) is 17.3 Å². The van der Waals surface area contributed by atoms with Crippen molar-refractivity contribution < 1.29 is 8.78 Å². The number of halogens is 3. The molecule has 1 rings (SSSR count). The lowest BCUT2D eigenvalue weighted by Gasteiger charge is -1.97. The Hall–Kier alpha value is -0.830. The average molecular weight is 164 g/mol. The molecule has 0 bridgehead atoms. The molecule has 0 radical (unpaired) electrons. The van der Waals surface area contributed by atoms with Crippen LogP contribution in [0.3, 0.4) is 0 Å². The maximum atomic E-state index is 12.4. The molecule has 0 amide bonds. The summed E-state index contributed by atoms with van der Waals surface area (Å²) in [5.74, 6) is -1.66. The number of hydrogen-bond donors (Lipinski definition) is 1. The molecule has 0 atom stereocenters. The fourth-order valence-corrected chi connectivity index (χ4v) is 0.745. The predicted octanol–water partition coefficient (Wildman–Crippen LogP) is 2.20. The standard InChI is InChI=1S/C6H4ClF2N/c7-3-1-4(8)6(10)5(9)2-3/h1-2H,10H2. The van der Waals surface area contributed by atoms with Gasteiger partial charge in [0.15, 0.2) is 11.6 Å². The Kier molecular flexibility index (Phi) is 1.76. The van der Waals surface area contributed by atoms with Gasteiger partial charge in [-0.15, -0.1) is 0 Å². The number of rotatable bonds is 0. The minimum Gasteiger partial charge on any atom is -0.394 e.